The van der Waals surface area contributed by atoms with Crippen LogP contribution in [-0.2, 0) is 11.3 Å². The summed E-state index contributed by atoms with van der Waals surface area (Å²) in [6.45, 7) is 6.38. The number of hydrogen-bond donors (Lipinski definition) is 2. The molecule has 1 aliphatic heterocycles. The van der Waals surface area contributed by atoms with Crippen molar-refractivity contribution in [2.45, 2.75) is 39.2 Å². The second-order valence-electron chi connectivity index (χ2n) is 8.49. The van der Waals surface area contributed by atoms with Crippen LogP contribution in [0.1, 0.15) is 44.1 Å². The molecule has 4 rings (SSSR count). The van der Waals surface area contributed by atoms with Gasteiger partial charge in [0.15, 0.2) is 0 Å². The topological polar surface area (TPSA) is 91.5 Å². The normalized spacial score (nSPS) is 15.2. The van der Waals surface area contributed by atoms with E-state index in [1.54, 1.807) is 12.1 Å². The summed E-state index contributed by atoms with van der Waals surface area (Å²) in [4.78, 5) is 19.3. The van der Waals surface area contributed by atoms with Crippen molar-refractivity contribution in [3.63, 3.8) is 0 Å². The fourth-order valence-corrected chi connectivity index (χ4v) is 4.01. The number of piperidine rings is 1. The van der Waals surface area contributed by atoms with E-state index in [1.807, 2.05) is 12.1 Å². The minimum Gasteiger partial charge on any atom is -0.506 e. The Morgan fingerprint density at radius 2 is 1.94 bits per heavy atom. The van der Waals surface area contributed by atoms with Crippen LogP contribution >= 0.6 is 11.6 Å². The van der Waals surface area contributed by atoms with E-state index in [1.165, 1.54) is 11.6 Å². The SMILES string of the molecule is CC(C)c1ccc(-c2noc(CN3CCC(C(=O)Nc4cc(Cl)ccc4O)CC3)n2)cc1. The Bertz CT molecular complexity index is 1070. The molecular formula is C24H27ClN4O3. The van der Waals surface area contributed by atoms with E-state index in [0.29, 0.717) is 47.7 Å². The number of anilines is 1. The molecule has 1 aliphatic rings. The van der Waals surface area contributed by atoms with Crippen molar-refractivity contribution in [2.24, 2.45) is 5.92 Å². The van der Waals surface area contributed by atoms with Gasteiger partial charge in [0.05, 0.1) is 12.2 Å². The van der Waals surface area contributed by atoms with E-state index in [0.717, 1.165) is 18.7 Å². The zero-order valence-corrected chi connectivity index (χ0v) is 19.0. The van der Waals surface area contributed by atoms with Crippen LogP contribution in [-0.4, -0.2) is 39.1 Å². The van der Waals surface area contributed by atoms with Crippen LogP contribution in [0.5, 0.6) is 5.75 Å². The summed E-state index contributed by atoms with van der Waals surface area (Å²) in [6, 6.07) is 12.8. The number of amides is 1. The number of nitrogens with one attached hydrogen (secondary N) is 1. The first kappa shape index (κ1) is 22.3. The standard InChI is InChI=1S/C24H27ClN4O3/c1-15(2)16-3-5-17(6-4-16)23-27-22(32-28-23)14-29-11-9-18(10-12-29)24(31)26-20-13-19(25)7-8-21(20)30/h3-8,13,15,18,30H,9-12,14H2,1-2H3,(H,26,31). The first-order valence-electron chi connectivity index (χ1n) is 10.8. The lowest BCUT2D eigenvalue weighted by Crippen LogP contribution is -2.37. The molecule has 0 aliphatic carbocycles. The highest BCUT2D eigenvalue weighted by Gasteiger charge is 2.26. The molecule has 0 spiro atoms. The van der Waals surface area contributed by atoms with Crippen LogP contribution in [0.2, 0.25) is 5.02 Å². The first-order chi connectivity index (χ1) is 15.4. The summed E-state index contributed by atoms with van der Waals surface area (Å²) in [5.74, 6) is 1.41. The molecule has 32 heavy (non-hydrogen) atoms. The number of likely N-dealkylation sites (tertiary alicyclic amines) is 1. The monoisotopic (exact) mass is 454 g/mol. The van der Waals surface area contributed by atoms with Crippen LogP contribution in [0.25, 0.3) is 11.4 Å². The lowest BCUT2D eigenvalue weighted by atomic mass is 9.96. The van der Waals surface area contributed by atoms with Crippen molar-refractivity contribution in [2.75, 3.05) is 18.4 Å². The number of hydrogen-bond acceptors (Lipinski definition) is 6. The second kappa shape index (κ2) is 9.71. The number of rotatable bonds is 6. The van der Waals surface area contributed by atoms with Crippen molar-refractivity contribution < 1.29 is 14.4 Å². The highest BCUT2D eigenvalue weighted by Crippen LogP contribution is 2.28. The Kier molecular flexibility index (Phi) is 6.77. The van der Waals surface area contributed by atoms with Crippen molar-refractivity contribution >= 4 is 23.2 Å². The van der Waals surface area contributed by atoms with Gasteiger partial charge in [0, 0.05) is 16.5 Å². The predicted octanol–water partition coefficient (Wildman–Crippen LogP) is 5.07. The van der Waals surface area contributed by atoms with Gasteiger partial charge in [-0.15, -0.1) is 0 Å². The summed E-state index contributed by atoms with van der Waals surface area (Å²) < 4.78 is 5.45. The third-order valence-electron chi connectivity index (χ3n) is 5.84. The zero-order chi connectivity index (χ0) is 22.7. The van der Waals surface area contributed by atoms with Crippen LogP contribution < -0.4 is 5.32 Å². The average molecular weight is 455 g/mol. The molecule has 0 unspecified atom stereocenters. The molecule has 1 fully saturated rings. The van der Waals surface area contributed by atoms with Gasteiger partial charge in [-0.05, 0) is 55.6 Å². The van der Waals surface area contributed by atoms with E-state index >= 15 is 0 Å². The number of halogens is 1. The quantitative estimate of drug-likeness (QED) is 0.505. The van der Waals surface area contributed by atoms with Crippen molar-refractivity contribution in [1.82, 2.24) is 15.0 Å². The molecular weight excluding hydrogens is 428 g/mol. The van der Waals surface area contributed by atoms with Crippen LogP contribution in [0.4, 0.5) is 5.69 Å². The van der Waals surface area contributed by atoms with E-state index in [-0.39, 0.29) is 17.6 Å². The number of phenolic OH excluding ortho intramolecular Hbond substituents is 1. The summed E-state index contributed by atoms with van der Waals surface area (Å²) >= 11 is 5.95. The van der Waals surface area contributed by atoms with Gasteiger partial charge in [-0.2, -0.15) is 4.98 Å². The molecule has 2 aromatic carbocycles. The number of aromatic nitrogens is 2. The Morgan fingerprint density at radius 3 is 2.62 bits per heavy atom. The van der Waals surface area contributed by atoms with Gasteiger partial charge < -0.3 is 14.9 Å². The number of nitrogens with zero attached hydrogens (tertiary/aromatic N) is 3. The predicted molar refractivity (Wildman–Crippen MR) is 124 cm³/mol. The number of carbonyl (C=O) groups is 1. The van der Waals surface area contributed by atoms with Gasteiger partial charge in [-0.25, -0.2) is 0 Å². The van der Waals surface area contributed by atoms with Gasteiger partial charge in [-0.1, -0.05) is 54.9 Å². The molecule has 0 atom stereocenters. The van der Waals surface area contributed by atoms with Crippen LogP contribution in [0.3, 0.4) is 0 Å². The summed E-state index contributed by atoms with van der Waals surface area (Å²) in [5.41, 5.74) is 2.55. The molecule has 1 aromatic heterocycles. The van der Waals surface area contributed by atoms with Crippen LogP contribution in [0.15, 0.2) is 47.0 Å². The number of benzene rings is 2. The molecule has 0 radical (unpaired) electrons. The van der Waals surface area contributed by atoms with Crippen LogP contribution in [0, 0.1) is 5.92 Å². The Labute approximate surface area is 192 Å². The largest absolute Gasteiger partial charge is 0.506 e. The molecule has 8 heteroatoms. The fourth-order valence-electron chi connectivity index (χ4n) is 3.84. The first-order valence-corrected chi connectivity index (χ1v) is 11.2. The molecule has 3 aromatic rings. The number of aromatic hydroxyl groups is 1. The highest BCUT2D eigenvalue weighted by molar-refractivity contribution is 6.31. The van der Waals surface area contributed by atoms with Gasteiger partial charge in [0.2, 0.25) is 17.6 Å². The smallest absolute Gasteiger partial charge is 0.241 e. The molecule has 1 amide bonds. The Balaban J connectivity index is 1.30. The lowest BCUT2D eigenvalue weighted by Gasteiger charge is -2.30. The van der Waals surface area contributed by atoms with Gasteiger partial charge >= 0.3 is 0 Å². The minimum absolute atomic E-state index is 0.00577. The molecule has 2 N–H and O–H groups in total. The molecule has 168 valence electrons. The number of carbonyl (C=O) groups excluding carboxylic acids is 1. The third-order valence-corrected chi connectivity index (χ3v) is 6.07. The maximum atomic E-state index is 12.6. The minimum atomic E-state index is -0.123. The van der Waals surface area contributed by atoms with Crippen molar-refractivity contribution in [3.8, 4) is 17.1 Å². The molecule has 2 heterocycles. The fraction of sp³-hybridized carbons (Fsp3) is 0.375. The second-order valence-corrected chi connectivity index (χ2v) is 8.93. The van der Waals surface area contributed by atoms with Crippen molar-refractivity contribution in [3.05, 3.63) is 58.9 Å². The van der Waals surface area contributed by atoms with Crippen molar-refractivity contribution in [1.29, 1.82) is 0 Å². The van der Waals surface area contributed by atoms with E-state index in [2.05, 4.69) is 46.3 Å². The lowest BCUT2D eigenvalue weighted by molar-refractivity contribution is -0.121. The Morgan fingerprint density at radius 1 is 1.22 bits per heavy atom. The molecule has 1 saturated heterocycles. The van der Waals surface area contributed by atoms with E-state index < -0.39 is 0 Å². The van der Waals surface area contributed by atoms with Gasteiger partial charge in [0.25, 0.3) is 0 Å². The summed E-state index contributed by atoms with van der Waals surface area (Å²) in [7, 11) is 0. The third kappa shape index (κ3) is 5.29. The highest BCUT2D eigenvalue weighted by atomic mass is 35.5. The van der Waals surface area contributed by atoms with Gasteiger partial charge in [0.1, 0.15) is 5.75 Å². The van der Waals surface area contributed by atoms with E-state index in [4.69, 9.17) is 16.1 Å². The number of phenols is 1. The molecule has 0 bridgehead atoms. The molecule has 7 nitrogen and oxygen atoms in total. The summed E-state index contributed by atoms with van der Waals surface area (Å²) in [5, 5.41) is 17.3. The Hall–Kier alpha value is -2.90. The summed E-state index contributed by atoms with van der Waals surface area (Å²) in [6.07, 6.45) is 1.43. The molecule has 0 saturated carbocycles. The van der Waals surface area contributed by atoms with E-state index in [9.17, 15) is 9.90 Å². The van der Waals surface area contributed by atoms with Gasteiger partial charge in [-0.3, -0.25) is 9.69 Å². The maximum absolute atomic E-state index is 12.6. The average Bonchev–Trinajstić information content (AvgIpc) is 3.25. The maximum Gasteiger partial charge on any atom is 0.241 e. The zero-order valence-electron chi connectivity index (χ0n) is 18.2.